The van der Waals surface area contributed by atoms with E-state index < -0.39 is 5.97 Å². The summed E-state index contributed by atoms with van der Waals surface area (Å²) in [5.41, 5.74) is 0. The maximum Gasteiger partial charge on any atom is 0.305 e. The highest BCUT2D eigenvalue weighted by molar-refractivity contribution is 8.26. The average Bonchev–Trinajstić information content (AvgIpc) is 3.20. The number of amides is 1. The molecule has 1 aliphatic heterocycles. The molecule has 2 aromatic rings. The van der Waals surface area contributed by atoms with Crippen LogP contribution in [0, 0.1) is 0 Å². The Morgan fingerprint density at radius 2 is 2.30 bits per heavy atom. The SMILES string of the molecule is O=C(O)CCN1C(=O)C(=Cc2ccc(-c3nccs3)o2)SC1=S. The Morgan fingerprint density at radius 3 is 3.00 bits per heavy atom. The lowest BCUT2D eigenvalue weighted by molar-refractivity contribution is -0.137. The molecular weight excluding hydrogens is 356 g/mol. The summed E-state index contributed by atoms with van der Waals surface area (Å²) in [4.78, 5) is 28.8. The second-order valence-electron chi connectivity index (χ2n) is 4.52. The quantitative estimate of drug-likeness (QED) is 0.643. The summed E-state index contributed by atoms with van der Waals surface area (Å²) in [5, 5.41) is 11.3. The minimum absolute atomic E-state index is 0.0693. The fourth-order valence-corrected chi connectivity index (χ4v) is 3.81. The lowest BCUT2D eigenvalue weighted by atomic mass is 10.3. The molecule has 0 unspecified atom stereocenters. The highest BCUT2D eigenvalue weighted by atomic mass is 32.2. The normalized spacial score (nSPS) is 16.5. The number of carbonyl (C=O) groups excluding carboxylic acids is 1. The summed E-state index contributed by atoms with van der Waals surface area (Å²) in [7, 11) is 0. The van der Waals surface area contributed by atoms with Crippen LogP contribution in [0.4, 0.5) is 0 Å². The molecule has 1 saturated heterocycles. The van der Waals surface area contributed by atoms with Gasteiger partial charge in [0, 0.05) is 24.2 Å². The summed E-state index contributed by atoms with van der Waals surface area (Å²) in [6.45, 7) is 0.0693. The maximum absolute atomic E-state index is 12.3. The number of rotatable bonds is 5. The molecule has 6 nitrogen and oxygen atoms in total. The fraction of sp³-hybridized carbons (Fsp3) is 0.143. The molecule has 1 N–H and O–H groups in total. The predicted octanol–water partition coefficient (Wildman–Crippen LogP) is 3.08. The number of thioether (sulfide) groups is 1. The Hall–Kier alpha value is -1.97. The van der Waals surface area contributed by atoms with E-state index in [4.69, 9.17) is 21.7 Å². The van der Waals surface area contributed by atoms with Crippen molar-refractivity contribution >= 4 is 57.6 Å². The molecule has 0 bridgehead atoms. The number of aliphatic carboxylic acids is 1. The lowest BCUT2D eigenvalue weighted by Crippen LogP contribution is -2.30. The van der Waals surface area contributed by atoms with Crippen LogP contribution in [0.15, 0.2) is 33.0 Å². The van der Waals surface area contributed by atoms with Crippen LogP contribution in [0.2, 0.25) is 0 Å². The zero-order valence-corrected chi connectivity index (χ0v) is 14.0. The minimum atomic E-state index is -0.970. The minimum Gasteiger partial charge on any atom is -0.481 e. The Balaban J connectivity index is 1.77. The van der Waals surface area contributed by atoms with Crippen molar-refractivity contribution in [1.29, 1.82) is 0 Å². The Kier molecular flexibility index (Phi) is 4.60. The standard InChI is InChI=1S/C14H10N2O4S3/c17-11(18)3-5-16-13(19)10(23-14(16)21)7-8-1-2-9(20-8)12-15-4-6-22-12/h1-2,4,6-7H,3,5H2,(H,17,18). The van der Waals surface area contributed by atoms with Crippen molar-refractivity contribution in [3.8, 4) is 10.8 Å². The maximum atomic E-state index is 12.3. The largest absolute Gasteiger partial charge is 0.481 e. The van der Waals surface area contributed by atoms with Crippen molar-refractivity contribution in [2.24, 2.45) is 0 Å². The highest BCUT2D eigenvalue weighted by Gasteiger charge is 2.32. The van der Waals surface area contributed by atoms with Gasteiger partial charge in [0.2, 0.25) is 0 Å². The number of hydrogen-bond acceptors (Lipinski definition) is 7. The van der Waals surface area contributed by atoms with Crippen LogP contribution < -0.4 is 0 Å². The summed E-state index contributed by atoms with van der Waals surface area (Å²) < 4.78 is 6.01. The number of aromatic nitrogens is 1. The second kappa shape index (κ2) is 6.65. The summed E-state index contributed by atoms with van der Waals surface area (Å²) in [6, 6.07) is 3.54. The fourth-order valence-electron chi connectivity index (χ4n) is 1.92. The number of nitrogens with zero attached hydrogens (tertiary/aromatic N) is 2. The zero-order chi connectivity index (χ0) is 16.4. The molecule has 1 aliphatic rings. The van der Waals surface area contributed by atoms with Crippen LogP contribution in [-0.2, 0) is 9.59 Å². The molecule has 3 rings (SSSR count). The molecule has 0 aromatic carbocycles. The van der Waals surface area contributed by atoms with Crippen molar-refractivity contribution in [2.75, 3.05) is 6.54 Å². The first-order chi connectivity index (χ1) is 11.0. The van der Waals surface area contributed by atoms with Crippen molar-refractivity contribution in [3.63, 3.8) is 0 Å². The third kappa shape index (κ3) is 3.52. The molecule has 118 valence electrons. The molecule has 0 radical (unpaired) electrons. The van der Waals surface area contributed by atoms with Gasteiger partial charge in [0.25, 0.3) is 5.91 Å². The number of carboxylic acids is 1. The number of thiazole rings is 1. The van der Waals surface area contributed by atoms with E-state index in [0.717, 1.165) is 16.8 Å². The summed E-state index contributed by atoms with van der Waals surface area (Å²) in [6.07, 6.45) is 3.15. The van der Waals surface area contributed by atoms with Crippen LogP contribution in [0.1, 0.15) is 12.2 Å². The van der Waals surface area contributed by atoms with E-state index in [9.17, 15) is 9.59 Å². The van der Waals surface area contributed by atoms with Gasteiger partial charge in [-0.05, 0) is 12.1 Å². The average molecular weight is 366 g/mol. The lowest BCUT2D eigenvalue weighted by Gasteiger charge is -2.12. The summed E-state index contributed by atoms with van der Waals surface area (Å²) >= 11 is 7.73. The van der Waals surface area contributed by atoms with Crippen LogP contribution in [0.3, 0.4) is 0 Å². The molecule has 0 spiro atoms. The van der Waals surface area contributed by atoms with Gasteiger partial charge in [0.05, 0.1) is 11.3 Å². The predicted molar refractivity (Wildman–Crippen MR) is 91.9 cm³/mol. The van der Waals surface area contributed by atoms with E-state index in [0.29, 0.717) is 20.7 Å². The Morgan fingerprint density at radius 1 is 1.48 bits per heavy atom. The van der Waals surface area contributed by atoms with Crippen molar-refractivity contribution < 1.29 is 19.1 Å². The van der Waals surface area contributed by atoms with Gasteiger partial charge in [-0.15, -0.1) is 11.3 Å². The van der Waals surface area contributed by atoms with Crippen LogP contribution in [-0.4, -0.2) is 37.7 Å². The van der Waals surface area contributed by atoms with E-state index in [1.54, 1.807) is 24.4 Å². The van der Waals surface area contributed by atoms with Crippen LogP contribution >= 0.6 is 35.3 Å². The van der Waals surface area contributed by atoms with E-state index in [2.05, 4.69) is 4.98 Å². The van der Waals surface area contributed by atoms with Crippen molar-refractivity contribution in [3.05, 3.63) is 34.4 Å². The first-order valence-corrected chi connectivity index (χ1v) is 8.62. The first kappa shape index (κ1) is 15.9. The van der Waals surface area contributed by atoms with Crippen LogP contribution in [0.5, 0.6) is 0 Å². The number of furan rings is 1. The van der Waals surface area contributed by atoms with E-state index >= 15 is 0 Å². The van der Waals surface area contributed by atoms with Gasteiger partial charge in [0.1, 0.15) is 10.1 Å². The van der Waals surface area contributed by atoms with Gasteiger partial charge in [-0.25, -0.2) is 4.98 Å². The molecule has 3 heterocycles. The molecule has 2 aromatic heterocycles. The monoisotopic (exact) mass is 366 g/mol. The van der Waals surface area contributed by atoms with Gasteiger partial charge < -0.3 is 9.52 Å². The first-order valence-electron chi connectivity index (χ1n) is 6.51. The van der Waals surface area contributed by atoms with E-state index in [1.165, 1.54) is 16.2 Å². The molecule has 1 amide bonds. The molecule has 0 atom stereocenters. The number of carboxylic acid groups (broad SMARTS) is 1. The van der Waals surface area contributed by atoms with E-state index in [1.807, 2.05) is 5.38 Å². The molecule has 0 aliphatic carbocycles. The van der Waals surface area contributed by atoms with Gasteiger partial charge in [0.15, 0.2) is 10.8 Å². The van der Waals surface area contributed by atoms with Gasteiger partial charge in [-0.1, -0.05) is 24.0 Å². The van der Waals surface area contributed by atoms with Gasteiger partial charge in [-0.3, -0.25) is 14.5 Å². The highest BCUT2D eigenvalue weighted by Crippen LogP contribution is 2.33. The molecule has 0 saturated carbocycles. The van der Waals surface area contributed by atoms with E-state index in [-0.39, 0.29) is 18.9 Å². The number of hydrogen-bond donors (Lipinski definition) is 1. The molecular formula is C14H10N2O4S3. The van der Waals surface area contributed by atoms with Crippen molar-refractivity contribution in [2.45, 2.75) is 6.42 Å². The Labute approximate surface area is 144 Å². The number of thiocarbonyl (C=S) groups is 1. The molecule has 23 heavy (non-hydrogen) atoms. The third-order valence-corrected chi connectivity index (χ3v) is 5.13. The van der Waals surface area contributed by atoms with Crippen molar-refractivity contribution in [1.82, 2.24) is 9.88 Å². The second-order valence-corrected chi connectivity index (χ2v) is 7.09. The van der Waals surface area contributed by atoms with Crippen LogP contribution in [0.25, 0.3) is 16.8 Å². The van der Waals surface area contributed by atoms with Gasteiger partial charge >= 0.3 is 5.97 Å². The topological polar surface area (TPSA) is 83.6 Å². The molecule has 1 fully saturated rings. The molecule has 9 heteroatoms. The third-order valence-electron chi connectivity index (χ3n) is 2.97. The number of carbonyl (C=O) groups is 2. The zero-order valence-electron chi connectivity index (χ0n) is 11.6. The summed E-state index contributed by atoms with van der Waals surface area (Å²) in [5.74, 6) is -0.114. The van der Waals surface area contributed by atoms with Gasteiger partial charge in [-0.2, -0.15) is 0 Å². The smallest absolute Gasteiger partial charge is 0.305 e. The Bertz CT molecular complexity index is 795.